The quantitative estimate of drug-likeness (QED) is 0.789. The van der Waals surface area contributed by atoms with Crippen LogP contribution in [-0.4, -0.2) is 34.7 Å². The van der Waals surface area contributed by atoms with Gasteiger partial charge in [-0.1, -0.05) is 11.6 Å². The van der Waals surface area contributed by atoms with Crippen LogP contribution in [0.5, 0.6) is 0 Å². The fraction of sp³-hybridized carbons (Fsp3) is 0.800. The van der Waals surface area contributed by atoms with Crippen LogP contribution in [0.2, 0.25) is 0 Å². The standard InChI is InChI=1S/C10H18N4O/c1-14(6-10-12-7-15-13-10)9-4-2-3-8(9)5-11/h7-9H,2-6,11H2,1H3. The van der Waals surface area contributed by atoms with Crippen molar-refractivity contribution in [2.75, 3.05) is 13.6 Å². The van der Waals surface area contributed by atoms with Crippen LogP contribution in [0.25, 0.3) is 0 Å². The second-order valence-electron chi connectivity index (χ2n) is 4.26. The average molecular weight is 210 g/mol. The zero-order valence-electron chi connectivity index (χ0n) is 9.09. The molecule has 2 rings (SSSR count). The lowest BCUT2D eigenvalue weighted by Gasteiger charge is -2.27. The highest BCUT2D eigenvalue weighted by Gasteiger charge is 2.29. The van der Waals surface area contributed by atoms with Crippen LogP contribution in [0.3, 0.4) is 0 Å². The predicted molar refractivity (Wildman–Crippen MR) is 55.9 cm³/mol. The Kier molecular flexibility index (Phi) is 3.33. The second kappa shape index (κ2) is 4.72. The Morgan fingerprint density at radius 3 is 3.13 bits per heavy atom. The molecule has 15 heavy (non-hydrogen) atoms. The summed E-state index contributed by atoms with van der Waals surface area (Å²) in [5, 5.41) is 3.82. The summed E-state index contributed by atoms with van der Waals surface area (Å²) in [6.45, 7) is 1.53. The first kappa shape index (κ1) is 10.6. The van der Waals surface area contributed by atoms with Gasteiger partial charge in [0, 0.05) is 6.04 Å². The van der Waals surface area contributed by atoms with E-state index in [1.165, 1.54) is 25.7 Å². The molecule has 2 unspecified atom stereocenters. The minimum atomic E-state index is 0.577. The highest BCUT2D eigenvalue weighted by atomic mass is 16.5. The molecule has 0 radical (unpaired) electrons. The van der Waals surface area contributed by atoms with Crippen LogP contribution in [0.1, 0.15) is 25.1 Å². The van der Waals surface area contributed by atoms with Gasteiger partial charge >= 0.3 is 0 Å². The van der Waals surface area contributed by atoms with Gasteiger partial charge in [-0.25, -0.2) is 0 Å². The van der Waals surface area contributed by atoms with Gasteiger partial charge in [-0.05, 0) is 32.4 Å². The molecular weight excluding hydrogens is 192 g/mol. The topological polar surface area (TPSA) is 68.2 Å². The Labute approximate surface area is 89.6 Å². The second-order valence-corrected chi connectivity index (χ2v) is 4.26. The maximum atomic E-state index is 5.76. The van der Waals surface area contributed by atoms with Gasteiger partial charge < -0.3 is 10.3 Å². The zero-order chi connectivity index (χ0) is 10.7. The van der Waals surface area contributed by atoms with Crippen molar-refractivity contribution in [2.24, 2.45) is 11.7 Å². The van der Waals surface area contributed by atoms with E-state index in [0.717, 1.165) is 18.9 Å². The molecule has 1 aromatic rings. The average Bonchev–Trinajstić information content (AvgIpc) is 2.86. The third-order valence-electron chi connectivity index (χ3n) is 3.29. The maximum Gasteiger partial charge on any atom is 0.213 e. The summed E-state index contributed by atoms with van der Waals surface area (Å²) >= 11 is 0. The number of hydrogen-bond acceptors (Lipinski definition) is 5. The van der Waals surface area contributed by atoms with Gasteiger partial charge in [0.25, 0.3) is 0 Å². The van der Waals surface area contributed by atoms with Gasteiger partial charge in [0.05, 0.1) is 6.54 Å². The van der Waals surface area contributed by atoms with E-state index < -0.39 is 0 Å². The molecule has 0 saturated heterocycles. The van der Waals surface area contributed by atoms with Gasteiger partial charge in [0.1, 0.15) is 0 Å². The Morgan fingerprint density at radius 2 is 2.47 bits per heavy atom. The van der Waals surface area contributed by atoms with E-state index in [4.69, 9.17) is 10.3 Å². The van der Waals surface area contributed by atoms with E-state index in [0.29, 0.717) is 12.0 Å². The first-order valence-corrected chi connectivity index (χ1v) is 5.47. The van der Waals surface area contributed by atoms with E-state index in [2.05, 4.69) is 22.1 Å². The van der Waals surface area contributed by atoms with Crippen molar-refractivity contribution in [1.29, 1.82) is 0 Å². The Morgan fingerprint density at radius 1 is 1.60 bits per heavy atom. The lowest BCUT2D eigenvalue weighted by molar-refractivity contribution is 0.186. The third kappa shape index (κ3) is 2.35. The fourth-order valence-electron chi connectivity index (χ4n) is 2.47. The number of nitrogens with zero attached hydrogens (tertiary/aromatic N) is 3. The molecule has 1 aromatic heterocycles. The van der Waals surface area contributed by atoms with Crippen molar-refractivity contribution in [3.63, 3.8) is 0 Å². The van der Waals surface area contributed by atoms with Crippen LogP contribution in [0, 0.1) is 5.92 Å². The van der Waals surface area contributed by atoms with Crippen molar-refractivity contribution in [3.8, 4) is 0 Å². The summed E-state index contributed by atoms with van der Waals surface area (Å²) in [7, 11) is 2.11. The molecule has 5 nitrogen and oxygen atoms in total. The van der Waals surface area contributed by atoms with Crippen LogP contribution in [-0.2, 0) is 6.54 Å². The van der Waals surface area contributed by atoms with Crippen LogP contribution >= 0.6 is 0 Å². The first-order chi connectivity index (χ1) is 7.31. The molecule has 1 fully saturated rings. The summed E-state index contributed by atoms with van der Waals surface area (Å²) in [5.74, 6) is 1.38. The van der Waals surface area contributed by atoms with E-state index in [-0.39, 0.29) is 0 Å². The molecule has 84 valence electrons. The SMILES string of the molecule is CN(Cc1ncon1)C1CCCC1CN. The molecule has 1 saturated carbocycles. The fourth-order valence-corrected chi connectivity index (χ4v) is 2.47. The molecule has 1 heterocycles. The molecule has 0 aromatic carbocycles. The Bertz CT molecular complexity index is 288. The normalized spacial score (nSPS) is 26.3. The highest BCUT2D eigenvalue weighted by molar-refractivity contribution is 4.87. The molecule has 0 spiro atoms. The molecule has 0 bridgehead atoms. The molecule has 2 N–H and O–H groups in total. The van der Waals surface area contributed by atoms with Crippen molar-refractivity contribution in [1.82, 2.24) is 15.0 Å². The Balaban J connectivity index is 1.92. The van der Waals surface area contributed by atoms with Crippen molar-refractivity contribution in [3.05, 3.63) is 12.2 Å². The summed E-state index contributed by atoms with van der Waals surface area (Å²) in [4.78, 5) is 6.31. The first-order valence-electron chi connectivity index (χ1n) is 5.47. The molecule has 5 heteroatoms. The van der Waals surface area contributed by atoms with Crippen molar-refractivity contribution < 1.29 is 4.52 Å². The number of nitrogens with two attached hydrogens (primary N) is 1. The Hall–Kier alpha value is -0.940. The molecular formula is C10H18N4O. The van der Waals surface area contributed by atoms with E-state index in [1.54, 1.807) is 0 Å². The summed E-state index contributed by atoms with van der Waals surface area (Å²) < 4.78 is 4.72. The van der Waals surface area contributed by atoms with Crippen molar-refractivity contribution in [2.45, 2.75) is 31.8 Å². The summed E-state index contributed by atoms with van der Waals surface area (Å²) in [6, 6.07) is 0.577. The van der Waals surface area contributed by atoms with Gasteiger partial charge in [0.15, 0.2) is 5.82 Å². The molecule has 1 aliphatic rings. The van der Waals surface area contributed by atoms with Crippen molar-refractivity contribution >= 4 is 0 Å². The lowest BCUT2D eigenvalue weighted by atomic mass is 10.0. The largest absolute Gasteiger partial charge is 0.343 e. The van der Waals surface area contributed by atoms with Gasteiger partial charge in [-0.2, -0.15) is 4.98 Å². The monoisotopic (exact) mass is 210 g/mol. The minimum Gasteiger partial charge on any atom is -0.343 e. The third-order valence-corrected chi connectivity index (χ3v) is 3.29. The molecule has 0 aliphatic heterocycles. The smallest absolute Gasteiger partial charge is 0.213 e. The van der Waals surface area contributed by atoms with Gasteiger partial charge in [-0.15, -0.1) is 0 Å². The van der Waals surface area contributed by atoms with E-state index in [1.807, 2.05) is 0 Å². The highest BCUT2D eigenvalue weighted by Crippen LogP contribution is 2.28. The van der Waals surface area contributed by atoms with Crippen LogP contribution in [0.4, 0.5) is 0 Å². The van der Waals surface area contributed by atoms with Gasteiger partial charge in [0.2, 0.25) is 6.39 Å². The lowest BCUT2D eigenvalue weighted by Crippen LogP contribution is -2.37. The molecule has 1 aliphatic carbocycles. The number of hydrogen-bond donors (Lipinski definition) is 1. The zero-order valence-corrected chi connectivity index (χ0v) is 9.09. The van der Waals surface area contributed by atoms with Crippen LogP contribution in [0.15, 0.2) is 10.9 Å². The summed E-state index contributed by atoms with van der Waals surface area (Å²) in [5.41, 5.74) is 5.76. The van der Waals surface area contributed by atoms with Gasteiger partial charge in [-0.3, -0.25) is 4.90 Å². The summed E-state index contributed by atoms with van der Waals surface area (Å²) in [6.07, 6.45) is 5.13. The minimum absolute atomic E-state index is 0.577. The molecule has 2 atom stereocenters. The van der Waals surface area contributed by atoms with Crippen LogP contribution < -0.4 is 5.73 Å². The number of aromatic nitrogens is 2. The van der Waals surface area contributed by atoms with E-state index >= 15 is 0 Å². The predicted octanol–water partition coefficient (Wildman–Crippen LogP) is 0.629. The maximum absolute atomic E-state index is 5.76. The number of rotatable bonds is 4. The molecule has 0 amide bonds. The van der Waals surface area contributed by atoms with E-state index in [9.17, 15) is 0 Å².